The van der Waals surface area contributed by atoms with E-state index in [0.29, 0.717) is 29.4 Å². The maximum Gasteiger partial charge on any atom is 0.352 e. The molecule has 0 saturated heterocycles. The Kier molecular flexibility index (Phi) is 1.96. The molecule has 10 rings (SSSR count). The average Bonchev–Trinajstić information content (AvgIpc) is 3.56. The Bertz CT molecular complexity index is 1200. The highest BCUT2D eigenvalue weighted by Crippen LogP contribution is 3.06. The van der Waals surface area contributed by atoms with Gasteiger partial charge in [-0.15, -0.1) is 0 Å². The van der Waals surface area contributed by atoms with Gasteiger partial charge >= 0.3 is 11.4 Å². The van der Waals surface area contributed by atoms with Crippen molar-refractivity contribution < 1.29 is 0 Å². The maximum atomic E-state index is 13.5. The molecule has 2 aromatic rings. The number of rotatable bonds is 1. The normalized spacial score (nSPS) is 55.4. The Morgan fingerprint density at radius 3 is 1.89 bits per heavy atom. The molecule has 6 fully saturated rings. The van der Waals surface area contributed by atoms with Gasteiger partial charge in [0.25, 0.3) is 0 Å². The molecule has 8 aliphatic rings. The van der Waals surface area contributed by atoms with Gasteiger partial charge in [-0.3, -0.25) is 0 Å². The Hall–Kier alpha value is -1.08. The second-order valence-electron chi connectivity index (χ2n) is 10.4. The monoisotopic (exact) mass is 501 g/mol. The standard InChI is InChI=1S/C21H17Br2N3O2/c22-21(23)9-6-19-14-11-12-13(11)16(20(14,19)7-10(9)21)26-18(28)24(8-4-2-1-3-5-8)17(27)25(26)15(12)19/h1-5,9-16H,6-7H2/t9-,10+,11?,12-,13-,14?,15-,16+,19-,20+/m0/s1. The molecule has 0 radical (unpaired) electrons. The van der Waals surface area contributed by atoms with Crippen LogP contribution < -0.4 is 11.4 Å². The van der Waals surface area contributed by atoms with Crippen molar-refractivity contribution in [1.82, 2.24) is 13.9 Å². The molecule has 1 aromatic heterocycles. The largest absolute Gasteiger partial charge is 0.352 e. The van der Waals surface area contributed by atoms with Crippen LogP contribution in [0.5, 0.6) is 0 Å². The SMILES string of the molecule is O=c1n(-c2ccccc2)c(=O)n2n1[C@H]1[C@H]3C4C5[C@@]16C[C@H]1[C@@H](C[C@]56[C@H]2[C@@H]43)C1(Br)Br. The fraction of sp³-hybridized carbons (Fsp3) is 0.619. The summed E-state index contributed by atoms with van der Waals surface area (Å²) >= 11 is 7.86. The highest BCUT2D eigenvalue weighted by atomic mass is 79.9. The number of nitrogens with zero attached hydrogens (tertiary/aromatic N) is 3. The van der Waals surface area contributed by atoms with Gasteiger partial charge in [-0.05, 0) is 60.5 Å². The van der Waals surface area contributed by atoms with Crippen LogP contribution in [0.15, 0.2) is 39.9 Å². The topological polar surface area (TPSA) is 48.9 Å². The van der Waals surface area contributed by atoms with Gasteiger partial charge in [-0.1, -0.05) is 50.1 Å². The molecular formula is C21H17Br2N3O2. The lowest BCUT2D eigenvalue weighted by atomic mass is 9.65. The van der Waals surface area contributed by atoms with Crippen LogP contribution in [0, 0.1) is 46.3 Å². The highest BCUT2D eigenvalue weighted by molar-refractivity contribution is 9.25. The smallest absolute Gasteiger partial charge is 0.245 e. The van der Waals surface area contributed by atoms with Crippen molar-refractivity contribution in [1.29, 1.82) is 0 Å². The first-order valence-corrected chi connectivity index (χ1v) is 12.0. The second-order valence-corrected chi connectivity index (χ2v) is 14.1. The number of benzene rings is 1. The van der Waals surface area contributed by atoms with Gasteiger partial charge in [-0.25, -0.2) is 23.5 Å². The predicted octanol–water partition coefficient (Wildman–Crippen LogP) is 2.91. The lowest BCUT2D eigenvalue weighted by Crippen LogP contribution is -2.53. The molecule has 0 N–H and O–H groups in total. The average molecular weight is 503 g/mol. The molecule has 28 heavy (non-hydrogen) atoms. The van der Waals surface area contributed by atoms with Crippen LogP contribution in [0.3, 0.4) is 0 Å². The second kappa shape index (κ2) is 3.70. The van der Waals surface area contributed by atoms with Crippen molar-refractivity contribution in [2.75, 3.05) is 0 Å². The highest BCUT2D eigenvalue weighted by Gasteiger charge is 3.05. The Morgan fingerprint density at radius 2 is 1.36 bits per heavy atom. The van der Waals surface area contributed by atoms with Gasteiger partial charge in [0.2, 0.25) is 0 Å². The molecule has 6 aliphatic carbocycles. The minimum atomic E-state index is -0.118. The van der Waals surface area contributed by atoms with Crippen molar-refractivity contribution >= 4 is 31.9 Å². The third-order valence-electron chi connectivity index (χ3n) is 10.3. The van der Waals surface area contributed by atoms with Crippen LogP contribution in [-0.2, 0) is 0 Å². The van der Waals surface area contributed by atoms with E-state index in [1.165, 1.54) is 17.4 Å². The van der Waals surface area contributed by atoms with E-state index in [9.17, 15) is 9.59 Å². The number of hydrogen-bond donors (Lipinski definition) is 0. The molecule has 3 heterocycles. The van der Waals surface area contributed by atoms with E-state index in [-0.39, 0.29) is 37.5 Å². The number of hydrogen-bond acceptors (Lipinski definition) is 2. The summed E-state index contributed by atoms with van der Waals surface area (Å²) in [5.41, 5.74) is 1.03. The number of fused-ring (bicyclic) bond motifs is 1. The summed E-state index contributed by atoms with van der Waals surface area (Å²) in [6, 6.07) is 9.95. The number of alkyl halides is 2. The van der Waals surface area contributed by atoms with Crippen LogP contribution in [0.4, 0.5) is 0 Å². The summed E-state index contributed by atoms with van der Waals surface area (Å²) in [4.78, 5) is 27.1. The maximum absolute atomic E-state index is 13.5. The molecule has 6 saturated carbocycles. The van der Waals surface area contributed by atoms with Gasteiger partial charge < -0.3 is 0 Å². The molecule has 7 heteroatoms. The first-order chi connectivity index (χ1) is 13.5. The Labute approximate surface area is 176 Å². The van der Waals surface area contributed by atoms with E-state index < -0.39 is 0 Å². The van der Waals surface area contributed by atoms with Gasteiger partial charge in [0.05, 0.1) is 21.0 Å². The van der Waals surface area contributed by atoms with E-state index in [1.807, 2.05) is 39.7 Å². The van der Waals surface area contributed by atoms with Crippen molar-refractivity contribution in [3.63, 3.8) is 0 Å². The molecule has 2 spiro atoms. The molecule has 5 nitrogen and oxygen atoms in total. The van der Waals surface area contributed by atoms with Gasteiger partial charge in [0.15, 0.2) is 0 Å². The molecule has 142 valence electrons. The molecular weight excluding hydrogens is 486 g/mol. The van der Waals surface area contributed by atoms with Crippen molar-refractivity contribution in [2.45, 2.75) is 28.2 Å². The lowest BCUT2D eigenvalue weighted by Gasteiger charge is -2.50. The zero-order chi connectivity index (χ0) is 18.5. The van der Waals surface area contributed by atoms with E-state index >= 15 is 0 Å². The summed E-state index contributed by atoms with van der Waals surface area (Å²) < 4.78 is 5.38. The van der Waals surface area contributed by atoms with Crippen LogP contribution in [0.1, 0.15) is 24.9 Å². The van der Waals surface area contributed by atoms with Crippen molar-refractivity contribution in [2.24, 2.45) is 46.3 Å². The summed E-state index contributed by atoms with van der Waals surface area (Å²) in [5, 5.41) is 0. The molecule has 0 amide bonds. The summed E-state index contributed by atoms with van der Waals surface area (Å²) in [6.07, 6.45) is 2.44. The molecule has 2 bridgehead atoms. The fourth-order valence-electron chi connectivity index (χ4n) is 9.81. The van der Waals surface area contributed by atoms with Crippen molar-refractivity contribution in [3.8, 4) is 5.69 Å². The number of para-hydroxylation sites is 1. The first kappa shape index (κ1) is 14.8. The zero-order valence-corrected chi connectivity index (χ0v) is 18.0. The molecule has 2 aliphatic heterocycles. The summed E-state index contributed by atoms with van der Waals surface area (Å²) in [7, 11) is 0. The van der Waals surface area contributed by atoms with Gasteiger partial charge in [0, 0.05) is 10.8 Å². The zero-order valence-electron chi connectivity index (χ0n) is 14.8. The third-order valence-corrected chi connectivity index (χ3v) is 12.6. The summed E-state index contributed by atoms with van der Waals surface area (Å²) in [6.45, 7) is 0. The Balaban J connectivity index is 1.33. The lowest BCUT2D eigenvalue weighted by molar-refractivity contribution is -0.0268. The summed E-state index contributed by atoms with van der Waals surface area (Å²) in [5.74, 6) is 4.20. The van der Waals surface area contributed by atoms with E-state index in [1.54, 1.807) is 0 Å². The quantitative estimate of drug-likeness (QED) is 0.563. The molecule has 1 aromatic carbocycles. The predicted molar refractivity (Wildman–Crippen MR) is 108 cm³/mol. The van der Waals surface area contributed by atoms with Crippen LogP contribution in [0.25, 0.3) is 5.69 Å². The Morgan fingerprint density at radius 1 is 0.821 bits per heavy atom. The van der Waals surface area contributed by atoms with E-state index in [4.69, 9.17) is 0 Å². The van der Waals surface area contributed by atoms with Gasteiger partial charge in [-0.2, -0.15) is 0 Å². The molecule has 2 unspecified atom stereocenters. The fourth-order valence-corrected chi connectivity index (χ4v) is 11.5. The number of aromatic nitrogens is 3. The van der Waals surface area contributed by atoms with Crippen molar-refractivity contribution in [3.05, 3.63) is 51.3 Å². The minimum absolute atomic E-state index is 0.0980. The molecule has 10 atom stereocenters. The number of halogens is 2. The van der Waals surface area contributed by atoms with Gasteiger partial charge in [0.1, 0.15) is 0 Å². The first-order valence-electron chi connectivity index (χ1n) is 10.4. The minimum Gasteiger partial charge on any atom is -0.245 e. The van der Waals surface area contributed by atoms with E-state index in [0.717, 1.165) is 11.8 Å². The van der Waals surface area contributed by atoms with E-state index in [2.05, 4.69) is 31.9 Å². The van der Waals surface area contributed by atoms with Crippen LogP contribution in [-0.4, -0.2) is 17.2 Å². The van der Waals surface area contributed by atoms with Crippen LogP contribution >= 0.6 is 31.9 Å². The van der Waals surface area contributed by atoms with Crippen LogP contribution in [0.2, 0.25) is 0 Å². The third kappa shape index (κ3) is 1.06.